The van der Waals surface area contributed by atoms with Crippen LogP contribution in [-0.4, -0.2) is 40.0 Å². The first-order valence-electron chi connectivity index (χ1n) is 5.60. The lowest BCUT2D eigenvalue weighted by molar-refractivity contribution is 0.358. The van der Waals surface area contributed by atoms with E-state index in [4.69, 9.17) is 23.2 Å². The Morgan fingerprint density at radius 3 is 2.32 bits per heavy atom. The highest BCUT2D eigenvalue weighted by molar-refractivity contribution is 9.10. The molecule has 0 heterocycles. The number of nitrogens with zero attached hydrogens (tertiary/aromatic N) is 1. The molecule has 0 saturated carbocycles. The molecule has 0 aromatic heterocycles. The van der Waals surface area contributed by atoms with Crippen molar-refractivity contribution in [2.45, 2.75) is 11.8 Å². The Morgan fingerprint density at radius 1 is 1.32 bits per heavy atom. The minimum absolute atomic E-state index is 0.0850. The summed E-state index contributed by atoms with van der Waals surface area (Å²) in [4.78, 5) is 1.91. The van der Waals surface area contributed by atoms with Crippen molar-refractivity contribution in [3.05, 3.63) is 26.7 Å². The van der Waals surface area contributed by atoms with Crippen LogP contribution in [0.3, 0.4) is 0 Å². The van der Waals surface area contributed by atoms with Crippen LogP contribution in [0.4, 0.5) is 0 Å². The van der Waals surface area contributed by atoms with Crippen LogP contribution in [0.1, 0.15) is 6.92 Å². The van der Waals surface area contributed by atoms with E-state index in [9.17, 15) is 8.42 Å². The SMILES string of the molecule is CCN(C)CCNS(=O)(=O)c1c(Cl)cc(Br)cc1Cl. The predicted octanol–water partition coefficient (Wildman–Crippen LogP) is 2.99. The predicted molar refractivity (Wildman–Crippen MR) is 82.5 cm³/mol. The van der Waals surface area contributed by atoms with E-state index in [0.29, 0.717) is 17.6 Å². The van der Waals surface area contributed by atoms with Crippen LogP contribution in [-0.2, 0) is 10.0 Å². The molecule has 0 bridgehead atoms. The van der Waals surface area contributed by atoms with Gasteiger partial charge >= 0.3 is 0 Å². The minimum Gasteiger partial charge on any atom is -0.305 e. The molecule has 0 atom stereocenters. The lowest BCUT2D eigenvalue weighted by Gasteiger charge is -2.15. The van der Waals surface area contributed by atoms with Gasteiger partial charge in [0.2, 0.25) is 10.0 Å². The molecule has 108 valence electrons. The van der Waals surface area contributed by atoms with E-state index in [2.05, 4.69) is 20.7 Å². The normalized spacial score (nSPS) is 12.1. The van der Waals surface area contributed by atoms with Gasteiger partial charge in [-0.05, 0) is 25.7 Å². The van der Waals surface area contributed by atoms with Crippen molar-refractivity contribution in [3.8, 4) is 0 Å². The van der Waals surface area contributed by atoms with Crippen molar-refractivity contribution < 1.29 is 8.42 Å². The number of benzene rings is 1. The lowest BCUT2D eigenvalue weighted by atomic mass is 10.4. The molecule has 0 spiro atoms. The highest BCUT2D eigenvalue weighted by Gasteiger charge is 2.21. The number of hydrogen-bond acceptors (Lipinski definition) is 3. The molecule has 19 heavy (non-hydrogen) atoms. The van der Waals surface area contributed by atoms with Crippen molar-refractivity contribution in [2.75, 3.05) is 26.7 Å². The molecule has 0 amide bonds. The van der Waals surface area contributed by atoms with E-state index in [-0.39, 0.29) is 14.9 Å². The Balaban J connectivity index is 2.89. The molecule has 1 aromatic carbocycles. The largest absolute Gasteiger partial charge is 0.305 e. The zero-order chi connectivity index (χ0) is 14.6. The number of likely N-dealkylation sites (N-methyl/N-ethyl adjacent to an activating group) is 1. The second kappa shape index (κ2) is 7.24. The van der Waals surface area contributed by atoms with Gasteiger partial charge in [-0.1, -0.05) is 46.1 Å². The molecule has 0 fully saturated rings. The smallest absolute Gasteiger partial charge is 0.243 e. The van der Waals surface area contributed by atoms with Gasteiger partial charge in [-0.15, -0.1) is 0 Å². The summed E-state index contributed by atoms with van der Waals surface area (Å²) in [5.41, 5.74) is 0. The Morgan fingerprint density at radius 2 is 1.84 bits per heavy atom. The third-order valence-electron chi connectivity index (χ3n) is 2.56. The van der Waals surface area contributed by atoms with Gasteiger partial charge in [0, 0.05) is 17.6 Å². The minimum atomic E-state index is -3.70. The number of halogens is 3. The molecule has 1 aromatic rings. The maximum Gasteiger partial charge on any atom is 0.243 e. The molecular formula is C11H15BrCl2N2O2S. The first kappa shape index (κ1) is 17.2. The first-order valence-corrected chi connectivity index (χ1v) is 8.64. The number of hydrogen-bond donors (Lipinski definition) is 1. The van der Waals surface area contributed by atoms with Crippen molar-refractivity contribution >= 4 is 49.2 Å². The summed E-state index contributed by atoms with van der Waals surface area (Å²) in [7, 11) is -1.79. The van der Waals surface area contributed by atoms with Crippen molar-refractivity contribution in [1.29, 1.82) is 0 Å². The van der Waals surface area contributed by atoms with Crippen LogP contribution >= 0.6 is 39.1 Å². The third-order valence-corrected chi connectivity index (χ3v) is 5.40. The maximum absolute atomic E-state index is 12.1. The topological polar surface area (TPSA) is 49.4 Å². The standard InChI is InChI=1S/C11H15BrCl2N2O2S/c1-3-16(2)5-4-15-19(17,18)11-9(13)6-8(12)7-10(11)14/h6-7,15H,3-5H2,1-2H3. The summed E-state index contributed by atoms with van der Waals surface area (Å²) in [6, 6.07) is 3.00. The quantitative estimate of drug-likeness (QED) is 0.813. The van der Waals surface area contributed by atoms with Crippen LogP contribution in [0, 0.1) is 0 Å². The van der Waals surface area contributed by atoms with Crippen molar-refractivity contribution in [1.82, 2.24) is 9.62 Å². The molecule has 4 nitrogen and oxygen atoms in total. The van der Waals surface area contributed by atoms with Crippen molar-refractivity contribution in [2.24, 2.45) is 0 Å². The molecule has 8 heteroatoms. The lowest BCUT2D eigenvalue weighted by Crippen LogP contribution is -2.33. The van der Waals surface area contributed by atoms with E-state index in [0.717, 1.165) is 6.54 Å². The second-order valence-electron chi connectivity index (χ2n) is 3.99. The fourth-order valence-corrected chi connectivity index (χ4v) is 4.34. The average Bonchev–Trinajstić information content (AvgIpc) is 2.26. The summed E-state index contributed by atoms with van der Waals surface area (Å²) in [5, 5.41) is 0.187. The van der Waals surface area contributed by atoms with E-state index in [1.807, 2.05) is 18.9 Å². The van der Waals surface area contributed by atoms with Crippen molar-refractivity contribution in [3.63, 3.8) is 0 Å². The monoisotopic (exact) mass is 388 g/mol. The summed E-state index contributed by atoms with van der Waals surface area (Å²) in [5.74, 6) is 0. The zero-order valence-corrected chi connectivity index (χ0v) is 14.5. The molecule has 0 aliphatic carbocycles. The zero-order valence-electron chi connectivity index (χ0n) is 10.6. The summed E-state index contributed by atoms with van der Waals surface area (Å²) >= 11 is 15.1. The second-order valence-corrected chi connectivity index (χ2v) is 7.43. The highest BCUT2D eigenvalue weighted by atomic mass is 79.9. The van der Waals surface area contributed by atoms with Gasteiger partial charge in [-0.25, -0.2) is 13.1 Å². The van der Waals surface area contributed by atoms with Crippen LogP contribution in [0.5, 0.6) is 0 Å². The summed E-state index contributed by atoms with van der Waals surface area (Å²) in [6.07, 6.45) is 0. The average molecular weight is 390 g/mol. The van der Waals surface area contributed by atoms with E-state index < -0.39 is 10.0 Å². The molecule has 1 N–H and O–H groups in total. The molecule has 0 saturated heterocycles. The number of rotatable bonds is 6. The van der Waals surface area contributed by atoms with Gasteiger partial charge < -0.3 is 4.90 Å². The first-order chi connectivity index (χ1) is 8.77. The van der Waals surface area contributed by atoms with Crippen LogP contribution in [0.25, 0.3) is 0 Å². The number of sulfonamides is 1. The molecular weight excluding hydrogens is 375 g/mol. The molecule has 0 aliphatic heterocycles. The van der Waals surface area contributed by atoms with Gasteiger partial charge in [0.15, 0.2) is 0 Å². The number of nitrogens with one attached hydrogen (secondary N) is 1. The van der Waals surface area contributed by atoms with Crippen LogP contribution in [0.15, 0.2) is 21.5 Å². The molecule has 0 unspecified atom stereocenters. The van der Waals surface area contributed by atoms with Gasteiger partial charge in [-0.3, -0.25) is 0 Å². The third kappa shape index (κ3) is 4.88. The summed E-state index contributed by atoms with van der Waals surface area (Å²) < 4.78 is 27.4. The van der Waals surface area contributed by atoms with E-state index in [1.165, 1.54) is 12.1 Å². The Kier molecular flexibility index (Phi) is 6.56. The summed E-state index contributed by atoms with van der Waals surface area (Å²) in [6.45, 7) is 3.76. The van der Waals surface area contributed by atoms with Gasteiger partial charge in [-0.2, -0.15) is 0 Å². The highest BCUT2D eigenvalue weighted by Crippen LogP contribution is 2.32. The molecule has 0 aliphatic rings. The van der Waals surface area contributed by atoms with Gasteiger partial charge in [0.1, 0.15) is 4.90 Å². The fourth-order valence-electron chi connectivity index (χ4n) is 1.39. The van der Waals surface area contributed by atoms with E-state index in [1.54, 1.807) is 0 Å². The Labute approximate surface area is 132 Å². The fraction of sp³-hybridized carbons (Fsp3) is 0.455. The molecule has 1 rings (SSSR count). The van der Waals surface area contributed by atoms with Crippen LogP contribution in [0.2, 0.25) is 10.0 Å². The molecule has 0 radical (unpaired) electrons. The van der Waals surface area contributed by atoms with Gasteiger partial charge in [0.05, 0.1) is 10.0 Å². The van der Waals surface area contributed by atoms with Gasteiger partial charge in [0.25, 0.3) is 0 Å². The Hall–Kier alpha value is 0.150. The van der Waals surface area contributed by atoms with E-state index >= 15 is 0 Å². The maximum atomic E-state index is 12.1. The Bertz CT molecular complexity index is 529. The van der Waals surface area contributed by atoms with Crippen LogP contribution < -0.4 is 4.72 Å².